The summed E-state index contributed by atoms with van der Waals surface area (Å²) < 4.78 is 31.1. The van der Waals surface area contributed by atoms with Crippen LogP contribution in [0.1, 0.15) is 6.42 Å². The van der Waals surface area contributed by atoms with Crippen LogP contribution in [0.4, 0.5) is 0 Å². The molecular weight excluding hydrogens is 276 g/mol. The zero-order chi connectivity index (χ0) is 13.2. The van der Waals surface area contributed by atoms with E-state index in [2.05, 4.69) is 4.98 Å². The summed E-state index contributed by atoms with van der Waals surface area (Å²) in [6, 6.07) is 1.60. The average Bonchev–Trinajstić information content (AvgIpc) is 2.82. The molecule has 0 saturated heterocycles. The molecule has 0 N–H and O–H groups in total. The van der Waals surface area contributed by atoms with E-state index in [-0.39, 0.29) is 10.6 Å². The Hall–Kier alpha value is -1.27. The molecule has 0 atom stereocenters. The molecule has 0 aliphatic carbocycles. The summed E-state index contributed by atoms with van der Waals surface area (Å²) in [6.07, 6.45) is 5.22. The molecule has 2 rings (SSSR count). The minimum atomic E-state index is -3.39. The predicted octanol–water partition coefficient (Wildman–Crippen LogP) is 1.75. The lowest BCUT2D eigenvalue weighted by Gasteiger charge is -2.09. The molecule has 2 heterocycles. The summed E-state index contributed by atoms with van der Waals surface area (Å²) in [5, 5.41) is 0. The van der Waals surface area contributed by atoms with Crippen LogP contribution in [0.25, 0.3) is 5.65 Å². The van der Waals surface area contributed by atoms with Crippen molar-refractivity contribution < 1.29 is 13.2 Å². The molecule has 0 fully saturated rings. The standard InChI is InChI=1S/C11H13ClN2O3S/c1-17-9-7-11-13-4-5-14(11)8-10(9)18(15,16)6-2-3-12/h4-5,7-8H,2-3,6H2,1H3. The van der Waals surface area contributed by atoms with Crippen LogP contribution in [-0.2, 0) is 9.84 Å². The molecule has 2 aromatic rings. The van der Waals surface area contributed by atoms with Gasteiger partial charge in [0.1, 0.15) is 16.3 Å². The second-order valence-electron chi connectivity index (χ2n) is 3.76. The van der Waals surface area contributed by atoms with Crippen LogP contribution in [0.5, 0.6) is 5.75 Å². The van der Waals surface area contributed by atoms with Gasteiger partial charge in [-0.15, -0.1) is 11.6 Å². The van der Waals surface area contributed by atoms with Gasteiger partial charge in [0.2, 0.25) is 0 Å². The highest BCUT2D eigenvalue weighted by Gasteiger charge is 2.20. The van der Waals surface area contributed by atoms with Gasteiger partial charge in [0.25, 0.3) is 0 Å². The minimum Gasteiger partial charge on any atom is -0.495 e. The topological polar surface area (TPSA) is 60.7 Å². The van der Waals surface area contributed by atoms with E-state index in [0.717, 1.165) is 0 Å². The number of halogens is 1. The molecule has 5 nitrogen and oxygen atoms in total. The van der Waals surface area contributed by atoms with Crippen molar-refractivity contribution in [3.8, 4) is 5.75 Å². The minimum absolute atomic E-state index is 0.00701. The lowest BCUT2D eigenvalue weighted by Crippen LogP contribution is -2.10. The van der Waals surface area contributed by atoms with Crippen molar-refractivity contribution in [3.63, 3.8) is 0 Å². The van der Waals surface area contributed by atoms with Crippen molar-refractivity contribution in [2.24, 2.45) is 0 Å². The van der Waals surface area contributed by atoms with E-state index in [4.69, 9.17) is 16.3 Å². The van der Waals surface area contributed by atoms with Crippen molar-refractivity contribution in [2.75, 3.05) is 18.7 Å². The van der Waals surface area contributed by atoms with Gasteiger partial charge in [0, 0.05) is 30.5 Å². The van der Waals surface area contributed by atoms with Crippen molar-refractivity contribution in [3.05, 3.63) is 24.7 Å². The van der Waals surface area contributed by atoms with Gasteiger partial charge in [-0.25, -0.2) is 13.4 Å². The number of fused-ring (bicyclic) bond motifs is 1. The molecule has 0 aromatic carbocycles. The third-order valence-corrected chi connectivity index (χ3v) is 4.63. The first kappa shape index (κ1) is 13.2. The van der Waals surface area contributed by atoms with E-state index < -0.39 is 9.84 Å². The summed E-state index contributed by atoms with van der Waals surface area (Å²) >= 11 is 5.54. The first-order valence-electron chi connectivity index (χ1n) is 5.38. The third kappa shape index (κ3) is 2.44. The number of ether oxygens (including phenoxy) is 1. The molecular formula is C11H13ClN2O3S. The first-order chi connectivity index (χ1) is 8.58. The van der Waals surface area contributed by atoms with Gasteiger partial charge in [-0.1, -0.05) is 0 Å². The summed E-state index contributed by atoms with van der Waals surface area (Å²) in [7, 11) is -1.95. The summed E-state index contributed by atoms with van der Waals surface area (Å²) in [4.78, 5) is 4.25. The third-order valence-electron chi connectivity index (χ3n) is 2.56. The fourth-order valence-electron chi connectivity index (χ4n) is 1.67. The monoisotopic (exact) mass is 288 g/mol. The van der Waals surface area contributed by atoms with E-state index in [1.807, 2.05) is 0 Å². The Morgan fingerprint density at radius 1 is 1.50 bits per heavy atom. The van der Waals surface area contributed by atoms with Gasteiger partial charge >= 0.3 is 0 Å². The maximum Gasteiger partial charge on any atom is 0.183 e. The van der Waals surface area contributed by atoms with Gasteiger partial charge in [-0.05, 0) is 6.42 Å². The van der Waals surface area contributed by atoms with Gasteiger partial charge in [-0.2, -0.15) is 0 Å². The lowest BCUT2D eigenvalue weighted by atomic mass is 10.4. The molecule has 0 amide bonds. The molecule has 0 spiro atoms. The number of imidazole rings is 1. The number of aromatic nitrogens is 2. The summed E-state index contributed by atoms with van der Waals surface area (Å²) in [5.74, 6) is 0.630. The highest BCUT2D eigenvalue weighted by Crippen LogP contribution is 2.26. The fraction of sp³-hybridized carbons (Fsp3) is 0.364. The maximum atomic E-state index is 12.2. The molecule has 0 saturated carbocycles. The van der Waals surface area contributed by atoms with Crippen LogP contribution < -0.4 is 4.74 Å². The molecule has 0 radical (unpaired) electrons. The molecule has 0 unspecified atom stereocenters. The Labute approximate surface area is 110 Å². The molecule has 7 heteroatoms. The Bertz CT molecular complexity index is 651. The molecule has 0 bridgehead atoms. The van der Waals surface area contributed by atoms with E-state index in [1.54, 1.807) is 22.9 Å². The Morgan fingerprint density at radius 2 is 2.28 bits per heavy atom. The number of hydrogen-bond donors (Lipinski definition) is 0. The average molecular weight is 289 g/mol. The van der Waals surface area contributed by atoms with Crippen LogP contribution in [0.3, 0.4) is 0 Å². The number of alkyl halides is 1. The van der Waals surface area contributed by atoms with Crippen molar-refractivity contribution in [1.29, 1.82) is 0 Å². The van der Waals surface area contributed by atoms with Crippen LogP contribution in [0, 0.1) is 0 Å². The Balaban J connectivity index is 2.54. The van der Waals surface area contributed by atoms with Crippen molar-refractivity contribution >= 4 is 27.1 Å². The van der Waals surface area contributed by atoms with Crippen molar-refractivity contribution in [2.45, 2.75) is 11.3 Å². The highest BCUT2D eigenvalue weighted by atomic mass is 35.5. The van der Waals surface area contributed by atoms with Crippen LogP contribution >= 0.6 is 11.6 Å². The molecule has 98 valence electrons. The van der Waals surface area contributed by atoms with Crippen LogP contribution in [-0.4, -0.2) is 36.5 Å². The number of pyridine rings is 1. The van der Waals surface area contributed by atoms with E-state index in [0.29, 0.717) is 23.7 Å². The quantitative estimate of drug-likeness (QED) is 0.787. The largest absolute Gasteiger partial charge is 0.495 e. The van der Waals surface area contributed by atoms with Gasteiger partial charge in [-0.3, -0.25) is 0 Å². The second kappa shape index (κ2) is 5.16. The van der Waals surface area contributed by atoms with Crippen LogP contribution in [0.15, 0.2) is 29.6 Å². The smallest absolute Gasteiger partial charge is 0.183 e. The summed E-state index contributed by atoms with van der Waals surface area (Å²) in [5.41, 5.74) is 0.642. The molecule has 18 heavy (non-hydrogen) atoms. The van der Waals surface area contributed by atoms with Gasteiger partial charge in [0.05, 0.1) is 12.9 Å². The SMILES string of the molecule is COc1cc2nccn2cc1S(=O)(=O)CCCCl. The number of sulfone groups is 1. The zero-order valence-corrected chi connectivity index (χ0v) is 11.4. The van der Waals surface area contributed by atoms with E-state index in [1.165, 1.54) is 13.3 Å². The van der Waals surface area contributed by atoms with Crippen molar-refractivity contribution in [1.82, 2.24) is 9.38 Å². The van der Waals surface area contributed by atoms with Gasteiger partial charge in [0.15, 0.2) is 9.84 Å². The fourth-order valence-corrected chi connectivity index (χ4v) is 3.43. The first-order valence-corrected chi connectivity index (χ1v) is 7.56. The van der Waals surface area contributed by atoms with E-state index >= 15 is 0 Å². The number of rotatable bonds is 5. The maximum absolute atomic E-state index is 12.2. The number of methoxy groups -OCH3 is 1. The number of hydrogen-bond acceptors (Lipinski definition) is 4. The summed E-state index contributed by atoms with van der Waals surface area (Å²) in [6.45, 7) is 0. The highest BCUT2D eigenvalue weighted by molar-refractivity contribution is 7.91. The normalized spacial score (nSPS) is 11.9. The molecule has 0 aliphatic rings. The Morgan fingerprint density at radius 3 is 2.94 bits per heavy atom. The lowest BCUT2D eigenvalue weighted by molar-refractivity contribution is 0.402. The zero-order valence-electron chi connectivity index (χ0n) is 9.84. The van der Waals surface area contributed by atoms with Gasteiger partial charge < -0.3 is 9.14 Å². The van der Waals surface area contributed by atoms with Crippen LogP contribution in [0.2, 0.25) is 0 Å². The molecule has 0 aliphatic heterocycles. The number of nitrogens with zero attached hydrogens (tertiary/aromatic N) is 2. The molecule has 2 aromatic heterocycles. The second-order valence-corrected chi connectivity index (χ2v) is 6.22. The van der Waals surface area contributed by atoms with E-state index in [9.17, 15) is 8.42 Å². The predicted molar refractivity (Wildman–Crippen MR) is 69.1 cm³/mol. The Kier molecular flexibility index (Phi) is 3.77.